The van der Waals surface area contributed by atoms with Crippen molar-refractivity contribution < 1.29 is 38.6 Å². The summed E-state index contributed by atoms with van der Waals surface area (Å²) in [6, 6.07) is 8.89. The second-order valence-electron chi connectivity index (χ2n) is 11.4. The van der Waals surface area contributed by atoms with Gasteiger partial charge in [-0.3, -0.25) is 33.8 Å². The van der Waals surface area contributed by atoms with Gasteiger partial charge in [0.15, 0.2) is 15.5 Å². The van der Waals surface area contributed by atoms with Crippen molar-refractivity contribution in [2.24, 2.45) is 17.8 Å². The number of hydrogen-bond donors (Lipinski definition) is 1. The molecule has 2 aromatic carbocycles. The Hall–Kier alpha value is -3.89. The Morgan fingerprint density at radius 3 is 2.12 bits per heavy atom. The summed E-state index contributed by atoms with van der Waals surface area (Å²) in [4.78, 5) is 65.1. The Labute approximate surface area is 257 Å². The average molecular weight is 627 g/mol. The number of alkyl halides is 2. The Morgan fingerprint density at radius 2 is 1.56 bits per heavy atom. The van der Waals surface area contributed by atoms with Crippen LogP contribution in [-0.2, 0) is 19.2 Å². The second-order valence-corrected chi connectivity index (χ2v) is 12.6. The molecule has 4 amide bonds. The van der Waals surface area contributed by atoms with Gasteiger partial charge in [-0.25, -0.2) is 0 Å². The Bertz CT molecular complexity index is 1630. The van der Waals surface area contributed by atoms with E-state index in [1.807, 2.05) is 0 Å². The van der Waals surface area contributed by atoms with Crippen molar-refractivity contribution in [1.82, 2.24) is 4.90 Å². The molecule has 10 nitrogen and oxygen atoms in total. The summed E-state index contributed by atoms with van der Waals surface area (Å²) >= 11 is 14.5. The van der Waals surface area contributed by atoms with Gasteiger partial charge < -0.3 is 14.6 Å². The van der Waals surface area contributed by atoms with Gasteiger partial charge in [0.05, 0.1) is 31.7 Å². The van der Waals surface area contributed by atoms with Crippen LogP contribution in [0.2, 0.25) is 0 Å². The van der Waals surface area contributed by atoms with Crippen LogP contribution < -0.4 is 14.4 Å². The summed E-state index contributed by atoms with van der Waals surface area (Å²) < 4.78 is 11.2. The molecular weight excluding hydrogens is 599 g/mol. The fraction of sp³-hybridized carbons (Fsp3) is 0.387. The summed E-state index contributed by atoms with van der Waals surface area (Å²) in [5, 5.41) is 10.4. The highest BCUT2D eigenvalue weighted by molar-refractivity contribution is 6.53. The first kappa shape index (κ1) is 29.2. The van der Waals surface area contributed by atoms with Crippen LogP contribution in [0.4, 0.5) is 5.69 Å². The number of ether oxygens (including phenoxy) is 2. The van der Waals surface area contributed by atoms with Crippen LogP contribution in [0.1, 0.15) is 41.6 Å². The van der Waals surface area contributed by atoms with Crippen LogP contribution in [0, 0.1) is 17.8 Å². The summed E-state index contributed by atoms with van der Waals surface area (Å²) in [6.07, 6.45) is 1.80. The van der Waals surface area contributed by atoms with E-state index in [9.17, 15) is 29.1 Å². The number of fused-ring (bicyclic) bond motifs is 4. The van der Waals surface area contributed by atoms with Crippen molar-refractivity contribution in [3.05, 3.63) is 59.2 Å². The lowest BCUT2D eigenvalue weighted by Gasteiger charge is -2.51. The molecule has 4 aliphatic rings. The molecule has 2 aliphatic heterocycles. The number of carbonyl (C=O) groups excluding carboxylic acids is 5. The van der Waals surface area contributed by atoms with E-state index in [0.29, 0.717) is 16.8 Å². The van der Waals surface area contributed by atoms with Gasteiger partial charge in [-0.15, -0.1) is 23.2 Å². The maximum atomic E-state index is 14.1. The van der Waals surface area contributed by atoms with Crippen molar-refractivity contribution in [2.45, 2.75) is 35.4 Å². The smallest absolute Gasteiger partial charge is 0.253 e. The number of phenolic OH excluding ortho intramolecular Hbond substituents is 1. The molecule has 0 radical (unpaired) electrons. The Kier molecular flexibility index (Phi) is 6.67. The third-order valence-electron chi connectivity index (χ3n) is 9.36. The van der Waals surface area contributed by atoms with Crippen LogP contribution in [0.15, 0.2) is 48.0 Å². The summed E-state index contributed by atoms with van der Waals surface area (Å²) in [7, 11) is 4.05. The largest absolute Gasteiger partial charge is 0.508 e. The van der Waals surface area contributed by atoms with Crippen molar-refractivity contribution in [1.29, 1.82) is 0 Å². The molecule has 2 saturated heterocycles. The number of rotatable bonds is 5. The normalized spacial score (nSPS) is 31.4. The van der Waals surface area contributed by atoms with Crippen LogP contribution in [0.5, 0.6) is 17.2 Å². The van der Waals surface area contributed by atoms with Gasteiger partial charge in [-0.05, 0) is 49.9 Å². The molecule has 0 aromatic heterocycles. The third-order valence-corrected chi connectivity index (χ3v) is 10.8. The number of carbonyl (C=O) groups is 5. The van der Waals surface area contributed by atoms with Gasteiger partial charge in [0.25, 0.3) is 11.8 Å². The SMILES string of the molecule is COc1cc(O)cc(OC)c1[C@H]1C2=CC[C@@H]3C(=O)N(c4ccc(C(C)=O)cc4)C(=O)[C@@H]3[C@@H]2C[C@@]2(Cl)C(=O)N(C)C(=O)[C@@]12Cl. The Morgan fingerprint density at radius 1 is 0.953 bits per heavy atom. The maximum Gasteiger partial charge on any atom is 0.253 e. The maximum absolute atomic E-state index is 14.1. The third kappa shape index (κ3) is 3.75. The number of amides is 4. The highest BCUT2D eigenvalue weighted by Crippen LogP contribution is 2.67. The Balaban J connectivity index is 1.54. The zero-order valence-electron chi connectivity index (χ0n) is 23.7. The van der Waals surface area contributed by atoms with E-state index in [4.69, 9.17) is 32.7 Å². The van der Waals surface area contributed by atoms with Crippen molar-refractivity contribution in [3.63, 3.8) is 0 Å². The lowest BCUT2D eigenvalue weighted by molar-refractivity contribution is -0.138. The first-order valence-corrected chi connectivity index (χ1v) is 14.4. The molecule has 2 aliphatic carbocycles. The molecular formula is C31H28Cl2N2O8. The number of hydrogen-bond acceptors (Lipinski definition) is 8. The van der Waals surface area contributed by atoms with E-state index in [0.717, 1.165) is 9.80 Å². The number of benzene rings is 2. The van der Waals surface area contributed by atoms with Crippen molar-refractivity contribution in [2.75, 3.05) is 26.2 Å². The highest BCUT2D eigenvalue weighted by Gasteiger charge is 2.76. The number of allylic oxidation sites excluding steroid dienone is 2. The quantitative estimate of drug-likeness (QED) is 0.229. The first-order valence-electron chi connectivity index (χ1n) is 13.7. The monoisotopic (exact) mass is 626 g/mol. The van der Waals surface area contributed by atoms with Crippen LogP contribution >= 0.6 is 23.2 Å². The van der Waals surface area contributed by atoms with E-state index >= 15 is 0 Å². The van der Waals surface area contributed by atoms with Gasteiger partial charge in [-0.1, -0.05) is 11.6 Å². The molecule has 0 unspecified atom stereocenters. The molecule has 6 rings (SSSR count). The minimum atomic E-state index is -2.04. The number of phenols is 1. The van der Waals surface area contributed by atoms with Gasteiger partial charge in [-0.2, -0.15) is 0 Å². The standard InChI is InChI=1S/C31H28Cl2N2O8/c1-14(36)15-5-7-16(8-6-15)35-26(38)19-10-9-18-20(23(19)27(35)39)13-30(32)28(40)34(2)29(41)31(30,33)25(18)24-21(42-3)11-17(37)12-22(24)43-4/h5-9,11-12,19-20,23,25,37H,10,13H2,1-4H3/t19-,20+,23-,25+,30+,31-/m0/s1. The highest BCUT2D eigenvalue weighted by atomic mass is 35.5. The summed E-state index contributed by atoms with van der Waals surface area (Å²) in [6.45, 7) is 1.42. The molecule has 2 heterocycles. The number of halogens is 2. The van der Waals surface area contributed by atoms with Gasteiger partial charge >= 0.3 is 0 Å². The van der Waals surface area contributed by atoms with Gasteiger partial charge in [0.1, 0.15) is 17.2 Å². The predicted molar refractivity (Wildman–Crippen MR) is 156 cm³/mol. The number of imide groups is 2. The predicted octanol–water partition coefficient (Wildman–Crippen LogP) is 3.81. The number of aromatic hydroxyl groups is 1. The number of Topliss-reactive ketones (excluding diaryl/α,β-unsaturated/α-hetero) is 1. The second kappa shape index (κ2) is 9.82. The molecule has 6 atom stereocenters. The van der Waals surface area contributed by atoms with Gasteiger partial charge in [0, 0.05) is 36.2 Å². The first-order chi connectivity index (χ1) is 20.3. The lowest BCUT2D eigenvalue weighted by Crippen LogP contribution is -2.60. The van der Waals surface area contributed by atoms with E-state index in [2.05, 4.69) is 0 Å². The van der Waals surface area contributed by atoms with Gasteiger partial charge in [0.2, 0.25) is 11.8 Å². The minimum absolute atomic E-state index is 0.139. The van der Waals surface area contributed by atoms with E-state index in [1.165, 1.54) is 40.3 Å². The van der Waals surface area contributed by atoms with Crippen LogP contribution in [-0.4, -0.2) is 70.4 Å². The number of likely N-dealkylation sites (tertiary alicyclic amines) is 1. The van der Waals surface area contributed by atoms with Crippen LogP contribution in [0.3, 0.4) is 0 Å². The zero-order valence-corrected chi connectivity index (χ0v) is 25.2. The van der Waals surface area contributed by atoms with Crippen molar-refractivity contribution >= 4 is 58.3 Å². The molecule has 2 aromatic rings. The average Bonchev–Trinajstić information content (AvgIpc) is 3.31. The number of anilines is 1. The molecule has 1 N–H and O–H groups in total. The number of nitrogens with zero attached hydrogens (tertiary/aromatic N) is 2. The van der Waals surface area contributed by atoms with E-state index < -0.39 is 57.0 Å². The molecule has 3 fully saturated rings. The number of ketones is 1. The molecule has 12 heteroatoms. The lowest BCUT2D eigenvalue weighted by atomic mass is 9.56. The molecule has 43 heavy (non-hydrogen) atoms. The number of methoxy groups -OCH3 is 2. The summed E-state index contributed by atoms with van der Waals surface area (Å²) in [5.74, 6) is -5.89. The molecule has 0 spiro atoms. The minimum Gasteiger partial charge on any atom is -0.508 e. The molecule has 1 saturated carbocycles. The van der Waals surface area contributed by atoms with E-state index in [-0.39, 0.29) is 41.4 Å². The fourth-order valence-corrected chi connectivity index (χ4v) is 8.37. The van der Waals surface area contributed by atoms with Crippen LogP contribution in [0.25, 0.3) is 0 Å². The summed E-state index contributed by atoms with van der Waals surface area (Å²) in [5.41, 5.74) is 1.60. The molecule has 224 valence electrons. The topological polar surface area (TPSA) is 131 Å². The fourth-order valence-electron chi connectivity index (χ4n) is 7.37. The van der Waals surface area contributed by atoms with Crippen molar-refractivity contribution in [3.8, 4) is 17.2 Å². The van der Waals surface area contributed by atoms with E-state index in [1.54, 1.807) is 30.3 Å². The molecule has 0 bridgehead atoms. The zero-order chi connectivity index (χ0) is 31.2.